The quantitative estimate of drug-likeness (QED) is 0.775. The standard InChI is InChI=1S/C19H14N4OS/c20-18-16(25-19(24)21-18)11-14-12-23(15-9-5-2-6-10-15)22-17(14)13-7-3-1-4-8-13/h1-12H,(H2,20,21,24). The summed E-state index contributed by atoms with van der Waals surface area (Å²) in [5, 5.41) is 4.44. The molecule has 0 fully saturated rings. The van der Waals surface area contributed by atoms with Crippen molar-refractivity contribution in [1.29, 1.82) is 0 Å². The third kappa shape index (κ3) is 3.12. The van der Waals surface area contributed by atoms with Gasteiger partial charge in [-0.1, -0.05) is 48.5 Å². The highest BCUT2D eigenvalue weighted by molar-refractivity contribution is 8.18. The van der Waals surface area contributed by atoms with Crippen LogP contribution in [0.2, 0.25) is 0 Å². The summed E-state index contributed by atoms with van der Waals surface area (Å²) in [4.78, 5) is 15.9. The summed E-state index contributed by atoms with van der Waals surface area (Å²) >= 11 is 1.03. The summed E-state index contributed by atoms with van der Waals surface area (Å²) < 4.78 is 1.82. The van der Waals surface area contributed by atoms with Gasteiger partial charge in [-0.05, 0) is 30.0 Å². The third-order valence-corrected chi connectivity index (χ3v) is 4.57. The molecule has 2 aromatic carbocycles. The molecule has 2 N–H and O–H groups in total. The van der Waals surface area contributed by atoms with Crippen LogP contribution in [0.4, 0.5) is 4.79 Å². The topological polar surface area (TPSA) is 73.3 Å². The van der Waals surface area contributed by atoms with Crippen molar-refractivity contribution in [3.63, 3.8) is 0 Å². The van der Waals surface area contributed by atoms with Crippen molar-refractivity contribution in [2.24, 2.45) is 10.7 Å². The summed E-state index contributed by atoms with van der Waals surface area (Å²) in [7, 11) is 0. The van der Waals surface area contributed by atoms with Crippen LogP contribution < -0.4 is 5.73 Å². The lowest BCUT2D eigenvalue weighted by Gasteiger charge is -2.00. The fourth-order valence-electron chi connectivity index (χ4n) is 2.59. The molecule has 5 nitrogen and oxygen atoms in total. The number of rotatable bonds is 3. The minimum Gasteiger partial charge on any atom is -0.383 e. The number of benzene rings is 2. The molecular formula is C19H14N4OS. The zero-order valence-electron chi connectivity index (χ0n) is 13.2. The van der Waals surface area contributed by atoms with Crippen molar-refractivity contribution < 1.29 is 4.79 Å². The second-order valence-electron chi connectivity index (χ2n) is 5.45. The summed E-state index contributed by atoms with van der Waals surface area (Å²) in [6.07, 6.45) is 3.80. The number of thioether (sulfide) groups is 1. The van der Waals surface area contributed by atoms with E-state index in [1.807, 2.05) is 77.6 Å². The van der Waals surface area contributed by atoms with E-state index in [1.165, 1.54) is 0 Å². The fraction of sp³-hybridized carbons (Fsp3) is 0. The van der Waals surface area contributed by atoms with E-state index in [9.17, 15) is 4.79 Å². The Morgan fingerprint density at radius 1 is 1.00 bits per heavy atom. The first-order chi connectivity index (χ1) is 12.2. The number of nitrogens with zero attached hydrogens (tertiary/aromatic N) is 3. The van der Waals surface area contributed by atoms with Crippen LogP contribution in [0.3, 0.4) is 0 Å². The molecule has 1 aromatic heterocycles. The molecule has 25 heavy (non-hydrogen) atoms. The van der Waals surface area contributed by atoms with Crippen molar-refractivity contribution in [3.8, 4) is 16.9 Å². The Hall–Kier alpha value is -3.12. The van der Waals surface area contributed by atoms with E-state index in [-0.39, 0.29) is 11.1 Å². The molecule has 0 saturated heterocycles. The molecule has 0 saturated carbocycles. The normalized spacial score (nSPS) is 15.6. The molecular weight excluding hydrogens is 332 g/mol. The Kier molecular flexibility index (Phi) is 3.95. The van der Waals surface area contributed by atoms with E-state index in [1.54, 1.807) is 0 Å². The number of carbonyl (C=O) groups excluding carboxylic acids is 1. The molecule has 4 rings (SSSR count). The van der Waals surface area contributed by atoms with E-state index in [4.69, 9.17) is 10.8 Å². The predicted molar refractivity (Wildman–Crippen MR) is 102 cm³/mol. The summed E-state index contributed by atoms with van der Waals surface area (Å²) in [5.41, 5.74) is 9.49. The van der Waals surface area contributed by atoms with E-state index >= 15 is 0 Å². The lowest BCUT2D eigenvalue weighted by Crippen LogP contribution is -2.08. The molecule has 0 unspecified atom stereocenters. The molecule has 6 heteroatoms. The van der Waals surface area contributed by atoms with Gasteiger partial charge < -0.3 is 5.73 Å². The number of carbonyl (C=O) groups is 1. The second-order valence-corrected chi connectivity index (χ2v) is 6.45. The third-order valence-electron chi connectivity index (χ3n) is 3.76. The van der Waals surface area contributed by atoms with Crippen molar-refractivity contribution in [2.45, 2.75) is 0 Å². The Bertz CT molecular complexity index is 991. The number of hydrogen-bond acceptors (Lipinski definition) is 4. The van der Waals surface area contributed by atoms with E-state index in [0.29, 0.717) is 4.91 Å². The number of aliphatic imine (C=N–C) groups is 1. The molecule has 122 valence electrons. The Morgan fingerprint density at radius 3 is 2.32 bits per heavy atom. The SMILES string of the molecule is NC1=NC(=O)SC1=Cc1cn(-c2ccccc2)nc1-c1ccccc1. The largest absolute Gasteiger partial charge is 0.383 e. The minimum atomic E-state index is -0.291. The first kappa shape index (κ1) is 15.4. The molecule has 0 aliphatic carbocycles. The Morgan fingerprint density at radius 2 is 1.68 bits per heavy atom. The maximum atomic E-state index is 11.5. The summed E-state index contributed by atoms with van der Waals surface area (Å²) in [6, 6.07) is 19.8. The van der Waals surface area contributed by atoms with Crippen LogP contribution in [0.5, 0.6) is 0 Å². The van der Waals surface area contributed by atoms with Crippen molar-refractivity contribution in [2.75, 3.05) is 0 Å². The molecule has 0 spiro atoms. The number of amides is 1. The van der Waals surface area contributed by atoms with Crippen molar-refractivity contribution in [3.05, 3.63) is 77.3 Å². The first-order valence-corrected chi connectivity index (χ1v) is 8.51. The molecule has 2 heterocycles. The van der Waals surface area contributed by atoms with Crippen LogP contribution in [0.15, 0.2) is 76.8 Å². The molecule has 0 atom stereocenters. The van der Waals surface area contributed by atoms with Gasteiger partial charge in [0.05, 0.1) is 16.3 Å². The molecule has 0 bridgehead atoms. The number of nitrogens with two attached hydrogens (primary N) is 1. The van der Waals surface area contributed by atoms with Gasteiger partial charge in [0.15, 0.2) is 0 Å². The summed E-state index contributed by atoms with van der Waals surface area (Å²) in [5.74, 6) is 0.251. The first-order valence-electron chi connectivity index (χ1n) is 7.69. The van der Waals surface area contributed by atoms with Gasteiger partial charge in [0.25, 0.3) is 0 Å². The fourth-order valence-corrected chi connectivity index (χ4v) is 3.26. The van der Waals surface area contributed by atoms with Crippen LogP contribution >= 0.6 is 11.8 Å². The summed E-state index contributed by atoms with van der Waals surface area (Å²) in [6.45, 7) is 0. The van der Waals surface area contributed by atoms with Gasteiger partial charge in [0.1, 0.15) is 5.84 Å². The van der Waals surface area contributed by atoms with E-state index < -0.39 is 0 Å². The van der Waals surface area contributed by atoms with Crippen LogP contribution in [0, 0.1) is 0 Å². The van der Waals surface area contributed by atoms with Crippen LogP contribution in [0.25, 0.3) is 23.0 Å². The van der Waals surface area contributed by atoms with Crippen LogP contribution in [-0.4, -0.2) is 20.9 Å². The van der Waals surface area contributed by atoms with Gasteiger partial charge in [-0.2, -0.15) is 10.1 Å². The predicted octanol–water partition coefficient (Wildman–Crippen LogP) is 4.10. The Labute approximate surface area is 148 Å². The smallest absolute Gasteiger partial charge is 0.311 e. The van der Waals surface area contributed by atoms with Crippen LogP contribution in [0.1, 0.15) is 5.56 Å². The van der Waals surface area contributed by atoms with Gasteiger partial charge >= 0.3 is 5.24 Å². The molecule has 1 aliphatic rings. The average Bonchev–Trinajstić information content (AvgIpc) is 3.20. The maximum absolute atomic E-state index is 11.5. The van der Waals surface area contributed by atoms with Crippen molar-refractivity contribution in [1.82, 2.24) is 9.78 Å². The second kappa shape index (κ2) is 6.41. The number of amidine groups is 1. The average molecular weight is 346 g/mol. The van der Waals surface area contributed by atoms with Gasteiger partial charge in [0.2, 0.25) is 0 Å². The number of hydrogen-bond donors (Lipinski definition) is 1. The molecule has 3 aromatic rings. The lowest BCUT2D eigenvalue weighted by molar-refractivity contribution is 0.268. The molecule has 1 aliphatic heterocycles. The van der Waals surface area contributed by atoms with Crippen LogP contribution in [-0.2, 0) is 0 Å². The van der Waals surface area contributed by atoms with Gasteiger partial charge in [-0.15, -0.1) is 0 Å². The highest BCUT2D eigenvalue weighted by atomic mass is 32.2. The zero-order chi connectivity index (χ0) is 17.2. The highest BCUT2D eigenvalue weighted by Crippen LogP contribution is 2.31. The van der Waals surface area contributed by atoms with Gasteiger partial charge in [-0.25, -0.2) is 4.68 Å². The lowest BCUT2D eigenvalue weighted by atomic mass is 10.1. The van der Waals surface area contributed by atoms with Gasteiger partial charge in [-0.3, -0.25) is 4.79 Å². The van der Waals surface area contributed by atoms with Gasteiger partial charge in [0, 0.05) is 17.3 Å². The highest BCUT2D eigenvalue weighted by Gasteiger charge is 2.20. The Balaban J connectivity index is 1.85. The zero-order valence-corrected chi connectivity index (χ0v) is 14.0. The van der Waals surface area contributed by atoms with E-state index in [0.717, 1.165) is 34.3 Å². The molecule has 0 radical (unpaired) electrons. The van der Waals surface area contributed by atoms with Crippen molar-refractivity contribution >= 4 is 28.9 Å². The van der Waals surface area contributed by atoms with E-state index in [2.05, 4.69) is 4.99 Å². The maximum Gasteiger partial charge on any atom is 0.311 e. The minimum absolute atomic E-state index is 0.251. The number of aromatic nitrogens is 2. The molecule has 1 amide bonds. The number of para-hydroxylation sites is 1. The monoisotopic (exact) mass is 346 g/mol.